The maximum absolute atomic E-state index is 11.8. The van der Waals surface area contributed by atoms with E-state index in [1.54, 1.807) is 12.1 Å². The maximum Gasteiger partial charge on any atom is 0.258 e. The van der Waals surface area contributed by atoms with Crippen LogP contribution in [0.2, 0.25) is 0 Å². The molecule has 0 unspecified atom stereocenters. The van der Waals surface area contributed by atoms with Crippen LogP contribution in [0.25, 0.3) is 5.69 Å². The van der Waals surface area contributed by atoms with Gasteiger partial charge in [0.2, 0.25) is 0 Å². The quantitative estimate of drug-likeness (QED) is 0.743. The lowest BCUT2D eigenvalue weighted by molar-refractivity contribution is -0.123. The highest BCUT2D eigenvalue weighted by Crippen LogP contribution is 2.14. The number of rotatable bonds is 6. The number of tetrazole rings is 1. The third-order valence-electron chi connectivity index (χ3n) is 3.15. The van der Waals surface area contributed by atoms with E-state index in [1.807, 2.05) is 42.5 Å². The van der Waals surface area contributed by atoms with Gasteiger partial charge in [0.15, 0.2) is 6.61 Å². The van der Waals surface area contributed by atoms with Gasteiger partial charge in [-0.3, -0.25) is 4.79 Å². The number of carbonyl (C=O) groups excluding carboxylic acids is 1. The van der Waals surface area contributed by atoms with Gasteiger partial charge in [0, 0.05) is 6.54 Å². The van der Waals surface area contributed by atoms with Gasteiger partial charge < -0.3 is 10.1 Å². The zero-order chi connectivity index (χ0) is 15.9. The van der Waals surface area contributed by atoms with Crippen LogP contribution < -0.4 is 10.1 Å². The van der Waals surface area contributed by atoms with Gasteiger partial charge in [-0.05, 0) is 40.3 Å². The lowest BCUT2D eigenvalue weighted by atomic mass is 10.2. The van der Waals surface area contributed by atoms with Gasteiger partial charge in [-0.25, -0.2) is 4.68 Å². The lowest BCUT2D eigenvalue weighted by Gasteiger charge is -2.08. The average molecular weight is 309 g/mol. The van der Waals surface area contributed by atoms with Crippen molar-refractivity contribution in [1.82, 2.24) is 25.5 Å². The molecule has 0 saturated heterocycles. The van der Waals surface area contributed by atoms with Gasteiger partial charge in [0.1, 0.15) is 12.1 Å². The summed E-state index contributed by atoms with van der Waals surface area (Å²) < 4.78 is 6.99. The molecule has 3 rings (SSSR count). The number of benzene rings is 2. The largest absolute Gasteiger partial charge is 0.484 e. The van der Waals surface area contributed by atoms with Crippen LogP contribution in [-0.4, -0.2) is 32.7 Å². The lowest BCUT2D eigenvalue weighted by Crippen LogP contribution is -2.28. The molecule has 116 valence electrons. The van der Waals surface area contributed by atoms with Crippen LogP contribution >= 0.6 is 0 Å². The van der Waals surface area contributed by atoms with Gasteiger partial charge in [0.25, 0.3) is 5.91 Å². The molecule has 3 aromatic rings. The van der Waals surface area contributed by atoms with Crippen molar-refractivity contribution < 1.29 is 9.53 Å². The van der Waals surface area contributed by atoms with E-state index in [0.717, 1.165) is 11.3 Å². The Labute approximate surface area is 132 Å². The monoisotopic (exact) mass is 309 g/mol. The maximum atomic E-state index is 11.8. The summed E-state index contributed by atoms with van der Waals surface area (Å²) >= 11 is 0. The minimum absolute atomic E-state index is 0.0307. The van der Waals surface area contributed by atoms with Crippen LogP contribution in [-0.2, 0) is 11.3 Å². The second-order valence-corrected chi connectivity index (χ2v) is 4.80. The summed E-state index contributed by atoms with van der Waals surface area (Å²) in [6.07, 6.45) is 1.51. The summed E-state index contributed by atoms with van der Waals surface area (Å²) in [7, 11) is 0. The number of carbonyl (C=O) groups is 1. The number of hydrogen-bond donors (Lipinski definition) is 1. The highest BCUT2D eigenvalue weighted by atomic mass is 16.5. The Balaban J connectivity index is 1.47. The van der Waals surface area contributed by atoms with Crippen LogP contribution in [0.5, 0.6) is 5.75 Å². The number of ether oxygens (including phenoxy) is 1. The Hall–Kier alpha value is -3.22. The van der Waals surface area contributed by atoms with Crippen molar-refractivity contribution in [3.05, 3.63) is 66.5 Å². The smallest absolute Gasteiger partial charge is 0.258 e. The molecule has 0 fully saturated rings. The van der Waals surface area contributed by atoms with Crippen molar-refractivity contribution in [1.29, 1.82) is 0 Å². The van der Waals surface area contributed by atoms with E-state index in [0.29, 0.717) is 12.3 Å². The van der Waals surface area contributed by atoms with Crippen LogP contribution in [0.4, 0.5) is 0 Å². The molecule has 1 heterocycles. The molecule has 1 aromatic heterocycles. The number of amides is 1. The minimum Gasteiger partial charge on any atom is -0.484 e. The van der Waals surface area contributed by atoms with E-state index >= 15 is 0 Å². The zero-order valence-corrected chi connectivity index (χ0v) is 12.3. The van der Waals surface area contributed by atoms with Gasteiger partial charge in [0.05, 0.1) is 5.69 Å². The molecule has 7 heteroatoms. The molecule has 0 bridgehead atoms. The summed E-state index contributed by atoms with van der Waals surface area (Å²) in [5.74, 6) is 0.440. The fourth-order valence-corrected chi connectivity index (χ4v) is 1.97. The van der Waals surface area contributed by atoms with Crippen molar-refractivity contribution in [2.75, 3.05) is 6.61 Å². The SMILES string of the molecule is O=C(COc1ccc(-n2cnnn2)cc1)NCc1ccccc1. The van der Waals surface area contributed by atoms with Crippen LogP contribution in [0.3, 0.4) is 0 Å². The fourth-order valence-electron chi connectivity index (χ4n) is 1.97. The van der Waals surface area contributed by atoms with Crippen molar-refractivity contribution in [3.63, 3.8) is 0 Å². The molecule has 0 spiro atoms. The summed E-state index contributed by atoms with van der Waals surface area (Å²) in [5, 5.41) is 13.8. The van der Waals surface area contributed by atoms with Gasteiger partial charge in [-0.15, -0.1) is 5.10 Å². The molecule has 0 aliphatic carbocycles. The van der Waals surface area contributed by atoms with E-state index in [2.05, 4.69) is 20.8 Å². The second kappa shape index (κ2) is 7.17. The molecule has 23 heavy (non-hydrogen) atoms. The van der Waals surface area contributed by atoms with Crippen LogP contribution in [0.15, 0.2) is 60.9 Å². The Kier molecular flexibility index (Phi) is 4.58. The third-order valence-corrected chi connectivity index (χ3v) is 3.15. The highest BCUT2D eigenvalue weighted by Gasteiger charge is 2.04. The Morgan fingerprint density at radius 3 is 2.57 bits per heavy atom. The van der Waals surface area contributed by atoms with Crippen molar-refractivity contribution in [2.45, 2.75) is 6.54 Å². The van der Waals surface area contributed by atoms with E-state index in [-0.39, 0.29) is 12.5 Å². The molecular formula is C16H15N5O2. The zero-order valence-electron chi connectivity index (χ0n) is 12.3. The van der Waals surface area contributed by atoms with E-state index in [4.69, 9.17) is 4.74 Å². The molecule has 1 amide bonds. The minimum atomic E-state index is -0.168. The second-order valence-electron chi connectivity index (χ2n) is 4.80. The Morgan fingerprint density at radius 2 is 1.87 bits per heavy atom. The average Bonchev–Trinajstić information content (AvgIpc) is 3.14. The summed E-state index contributed by atoms with van der Waals surface area (Å²) in [4.78, 5) is 11.8. The molecule has 2 aromatic carbocycles. The molecule has 7 nitrogen and oxygen atoms in total. The predicted molar refractivity (Wildman–Crippen MR) is 82.9 cm³/mol. The van der Waals surface area contributed by atoms with E-state index in [1.165, 1.54) is 11.0 Å². The van der Waals surface area contributed by atoms with Crippen LogP contribution in [0.1, 0.15) is 5.56 Å². The van der Waals surface area contributed by atoms with Gasteiger partial charge in [-0.1, -0.05) is 30.3 Å². The first-order chi connectivity index (χ1) is 11.3. The molecule has 0 atom stereocenters. The van der Waals surface area contributed by atoms with Crippen molar-refractivity contribution in [3.8, 4) is 11.4 Å². The topological polar surface area (TPSA) is 81.9 Å². The summed E-state index contributed by atoms with van der Waals surface area (Å²) in [6.45, 7) is 0.457. The van der Waals surface area contributed by atoms with E-state index < -0.39 is 0 Å². The van der Waals surface area contributed by atoms with Gasteiger partial charge in [-0.2, -0.15) is 0 Å². The highest BCUT2D eigenvalue weighted by molar-refractivity contribution is 5.77. The Morgan fingerprint density at radius 1 is 1.09 bits per heavy atom. The number of nitrogens with zero attached hydrogens (tertiary/aromatic N) is 4. The van der Waals surface area contributed by atoms with E-state index in [9.17, 15) is 4.79 Å². The summed E-state index contributed by atoms with van der Waals surface area (Å²) in [6, 6.07) is 16.9. The fraction of sp³-hybridized carbons (Fsp3) is 0.125. The molecule has 0 radical (unpaired) electrons. The molecular weight excluding hydrogens is 294 g/mol. The van der Waals surface area contributed by atoms with Crippen LogP contribution in [0, 0.1) is 0 Å². The molecule has 1 N–H and O–H groups in total. The van der Waals surface area contributed by atoms with Crippen molar-refractivity contribution in [2.24, 2.45) is 0 Å². The molecule has 0 aliphatic rings. The predicted octanol–water partition coefficient (Wildman–Crippen LogP) is 1.36. The first-order valence-corrected chi connectivity index (χ1v) is 7.08. The first kappa shape index (κ1) is 14.7. The Bertz CT molecular complexity index is 742. The van der Waals surface area contributed by atoms with Crippen molar-refractivity contribution >= 4 is 5.91 Å². The number of hydrogen-bond acceptors (Lipinski definition) is 5. The third kappa shape index (κ3) is 4.13. The number of nitrogens with one attached hydrogen (secondary N) is 1. The standard InChI is InChI=1S/C16H15N5O2/c22-16(17-10-13-4-2-1-3-5-13)11-23-15-8-6-14(7-9-15)21-12-18-19-20-21/h1-9,12H,10-11H2,(H,17,22). The number of aromatic nitrogens is 4. The van der Waals surface area contributed by atoms with Gasteiger partial charge >= 0.3 is 0 Å². The normalized spacial score (nSPS) is 10.3. The first-order valence-electron chi connectivity index (χ1n) is 7.08. The molecule has 0 aliphatic heterocycles. The molecule has 0 saturated carbocycles. The summed E-state index contributed by atoms with van der Waals surface area (Å²) in [5.41, 5.74) is 1.86.